The van der Waals surface area contributed by atoms with Crippen molar-refractivity contribution in [2.24, 2.45) is 10.8 Å². The second-order valence-electron chi connectivity index (χ2n) is 3.70. The Hall–Kier alpha value is -1.82. The van der Waals surface area contributed by atoms with E-state index in [1.54, 1.807) is 12.1 Å². The lowest BCUT2D eigenvalue weighted by molar-refractivity contribution is 0.387. The molecule has 0 saturated carbocycles. The molecule has 100 valence electrons. The number of anilines is 1. The van der Waals surface area contributed by atoms with Crippen LogP contribution >= 0.6 is 0 Å². The van der Waals surface area contributed by atoms with E-state index in [0.29, 0.717) is 18.2 Å². The van der Waals surface area contributed by atoms with E-state index in [2.05, 4.69) is 22.7 Å². The van der Waals surface area contributed by atoms with Crippen LogP contribution in [0.25, 0.3) is 0 Å². The third-order valence-corrected chi connectivity index (χ3v) is 2.33. The summed E-state index contributed by atoms with van der Waals surface area (Å²) in [6.07, 6.45) is 2.05. The number of guanidine groups is 1. The molecule has 0 aliphatic heterocycles. The first-order chi connectivity index (χ1) is 8.71. The summed E-state index contributed by atoms with van der Waals surface area (Å²) in [5.74, 6) is 5.56. The number of halogens is 1. The Morgan fingerprint density at radius 1 is 1.50 bits per heavy atom. The van der Waals surface area contributed by atoms with E-state index in [0.717, 1.165) is 12.8 Å². The molecule has 5 nitrogen and oxygen atoms in total. The number of methoxy groups -OCH3 is 1. The van der Waals surface area contributed by atoms with Gasteiger partial charge in [0.2, 0.25) is 5.96 Å². The van der Waals surface area contributed by atoms with E-state index in [1.165, 1.54) is 13.2 Å². The predicted octanol–water partition coefficient (Wildman–Crippen LogP) is 1.87. The molecular weight excluding hydrogens is 235 g/mol. The Morgan fingerprint density at radius 2 is 2.28 bits per heavy atom. The van der Waals surface area contributed by atoms with E-state index in [-0.39, 0.29) is 5.75 Å². The fraction of sp³-hybridized carbons (Fsp3) is 0.417. The van der Waals surface area contributed by atoms with Crippen molar-refractivity contribution in [2.75, 3.05) is 19.0 Å². The topological polar surface area (TPSA) is 71.7 Å². The summed E-state index contributed by atoms with van der Waals surface area (Å²) in [6.45, 7) is 2.77. The quantitative estimate of drug-likeness (QED) is 0.246. The van der Waals surface area contributed by atoms with Crippen LogP contribution in [0.1, 0.15) is 19.8 Å². The van der Waals surface area contributed by atoms with Crippen molar-refractivity contribution in [2.45, 2.75) is 19.8 Å². The largest absolute Gasteiger partial charge is 0.494 e. The number of nitrogens with one attached hydrogen (secondary N) is 2. The standard InChI is InChI=1S/C12H19FN4O/c1-3-4-7-15-12(17-14)16-9-5-6-10(13)11(8-9)18-2/h5-6,8H,3-4,7,14H2,1-2H3,(H2,15,16,17). The number of ether oxygens (including phenoxy) is 1. The van der Waals surface area contributed by atoms with Gasteiger partial charge in [0.25, 0.3) is 0 Å². The van der Waals surface area contributed by atoms with Gasteiger partial charge in [-0.3, -0.25) is 10.4 Å². The molecule has 0 heterocycles. The van der Waals surface area contributed by atoms with E-state index in [9.17, 15) is 4.39 Å². The van der Waals surface area contributed by atoms with Crippen LogP contribution in [0.15, 0.2) is 23.2 Å². The zero-order valence-electron chi connectivity index (χ0n) is 10.7. The SMILES string of the molecule is CCCCN=C(NN)Nc1ccc(F)c(OC)c1. The molecule has 1 aromatic rings. The van der Waals surface area contributed by atoms with E-state index in [1.807, 2.05) is 0 Å². The van der Waals surface area contributed by atoms with E-state index in [4.69, 9.17) is 10.6 Å². The van der Waals surface area contributed by atoms with Crippen LogP contribution in [0, 0.1) is 5.82 Å². The van der Waals surface area contributed by atoms with Crippen molar-refractivity contribution in [3.8, 4) is 5.75 Å². The Bertz CT molecular complexity index is 409. The molecule has 1 rings (SSSR count). The lowest BCUT2D eigenvalue weighted by Gasteiger charge is -2.10. The number of nitrogens with zero attached hydrogens (tertiary/aromatic N) is 1. The Balaban J connectivity index is 2.72. The molecule has 0 fully saturated rings. The summed E-state index contributed by atoms with van der Waals surface area (Å²) >= 11 is 0. The fourth-order valence-corrected chi connectivity index (χ4v) is 1.34. The Kier molecular flexibility index (Phi) is 5.93. The van der Waals surface area contributed by atoms with Gasteiger partial charge in [-0.2, -0.15) is 0 Å². The van der Waals surface area contributed by atoms with Gasteiger partial charge in [-0.25, -0.2) is 10.2 Å². The molecule has 0 amide bonds. The summed E-state index contributed by atoms with van der Waals surface area (Å²) in [4.78, 5) is 4.24. The van der Waals surface area contributed by atoms with Crippen LogP contribution in [-0.2, 0) is 0 Å². The molecule has 0 aliphatic rings. The third-order valence-electron chi connectivity index (χ3n) is 2.33. The number of hydrogen-bond donors (Lipinski definition) is 3. The molecule has 18 heavy (non-hydrogen) atoms. The number of hydrogen-bond acceptors (Lipinski definition) is 3. The summed E-state index contributed by atoms with van der Waals surface area (Å²) in [5, 5.41) is 2.96. The van der Waals surface area contributed by atoms with Gasteiger partial charge in [-0.05, 0) is 18.6 Å². The molecular formula is C12H19FN4O. The third kappa shape index (κ3) is 4.21. The summed E-state index contributed by atoms with van der Waals surface area (Å²) in [5.41, 5.74) is 3.12. The molecule has 0 atom stereocenters. The Morgan fingerprint density at radius 3 is 2.89 bits per heavy atom. The first-order valence-corrected chi connectivity index (χ1v) is 5.83. The number of hydrazine groups is 1. The van der Waals surface area contributed by atoms with Crippen LogP contribution < -0.4 is 21.3 Å². The zero-order chi connectivity index (χ0) is 13.4. The van der Waals surface area contributed by atoms with Crippen LogP contribution in [0.5, 0.6) is 5.75 Å². The van der Waals surface area contributed by atoms with Gasteiger partial charge < -0.3 is 10.1 Å². The van der Waals surface area contributed by atoms with Crippen molar-refractivity contribution < 1.29 is 9.13 Å². The van der Waals surface area contributed by atoms with Crippen molar-refractivity contribution in [1.82, 2.24) is 5.43 Å². The highest BCUT2D eigenvalue weighted by atomic mass is 19.1. The monoisotopic (exact) mass is 254 g/mol. The normalized spacial score (nSPS) is 11.2. The first kappa shape index (κ1) is 14.2. The molecule has 0 spiro atoms. The number of unbranched alkanes of at least 4 members (excludes halogenated alkanes) is 1. The van der Waals surface area contributed by atoms with Crippen LogP contribution in [0.4, 0.5) is 10.1 Å². The van der Waals surface area contributed by atoms with Gasteiger partial charge in [0.05, 0.1) is 7.11 Å². The highest BCUT2D eigenvalue weighted by Gasteiger charge is 2.04. The average Bonchev–Trinajstić information content (AvgIpc) is 2.39. The number of rotatable bonds is 5. The summed E-state index contributed by atoms with van der Waals surface area (Å²) in [6, 6.07) is 4.45. The second-order valence-corrected chi connectivity index (χ2v) is 3.70. The molecule has 4 N–H and O–H groups in total. The molecule has 0 aliphatic carbocycles. The summed E-state index contributed by atoms with van der Waals surface area (Å²) in [7, 11) is 1.42. The molecule has 0 radical (unpaired) electrons. The van der Waals surface area contributed by atoms with Gasteiger partial charge in [0.1, 0.15) is 0 Å². The minimum atomic E-state index is -0.409. The minimum Gasteiger partial charge on any atom is -0.494 e. The van der Waals surface area contributed by atoms with E-state index >= 15 is 0 Å². The lowest BCUT2D eigenvalue weighted by atomic mass is 10.3. The molecule has 6 heteroatoms. The minimum absolute atomic E-state index is 0.171. The molecule has 0 unspecified atom stereocenters. The highest BCUT2D eigenvalue weighted by Crippen LogP contribution is 2.21. The molecule has 0 saturated heterocycles. The van der Waals surface area contributed by atoms with Crippen molar-refractivity contribution in [1.29, 1.82) is 0 Å². The molecule has 0 aromatic heterocycles. The maximum atomic E-state index is 13.2. The highest BCUT2D eigenvalue weighted by molar-refractivity contribution is 5.93. The van der Waals surface area contributed by atoms with Crippen molar-refractivity contribution in [3.63, 3.8) is 0 Å². The second kappa shape index (κ2) is 7.50. The first-order valence-electron chi connectivity index (χ1n) is 5.83. The molecule has 1 aromatic carbocycles. The fourth-order valence-electron chi connectivity index (χ4n) is 1.34. The van der Waals surface area contributed by atoms with Crippen LogP contribution in [0.3, 0.4) is 0 Å². The van der Waals surface area contributed by atoms with Crippen molar-refractivity contribution >= 4 is 11.6 Å². The van der Waals surface area contributed by atoms with Gasteiger partial charge in [-0.1, -0.05) is 13.3 Å². The number of nitrogens with two attached hydrogens (primary N) is 1. The summed E-state index contributed by atoms with van der Waals surface area (Å²) < 4.78 is 18.1. The zero-order valence-corrected chi connectivity index (χ0v) is 10.7. The van der Waals surface area contributed by atoms with Crippen LogP contribution in [0.2, 0.25) is 0 Å². The maximum Gasteiger partial charge on any atom is 0.210 e. The smallest absolute Gasteiger partial charge is 0.210 e. The number of aliphatic imine (C=N–C) groups is 1. The van der Waals surface area contributed by atoms with Gasteiger partial charge in [0, 0.05) is 18.3 Å². The lowest BCUT2D eigenvalue weighted by Crippen LogP contribution is -2.36. The van der Waals surface area contributed by atoms with Gasteiger partial charge in [0.15, 0.2) is 11.6 Å². The molecule has 0 bridgehead atoms. The van der Waals surface area contributed by atoms with Crippen molar-refractivity contribution in [3.05, 3.63) is 24.0 Å². The predicted molar refractivity (Wildman–Crippen MR) is 71.1 cm³/mol. The average molecular weight is 254 g/mol. The maximum absolute atomic E-state index is 13.2. The number of benzene rings is 1. The van der Waals surface area contributed by atoms with E-state index < -0.39 is 5.82 Å². The van der Waals surface area contributed by atoms with Crippen LogP contribution in [-0.4, -0.2) is 19.6 Å². The Labute approximate surface area is 106 Å². The van der Waals surface area contributed by atoms with Gasteiger partial charge in [-0.15, -0.1) is 0 Å². The van der Waals surface area contributed by atoms with Gasteiger partial charge >= 0.3 is 0 Å².